The highest BCUT2D eigenvalue weighted by Crippen LogP contribution is 2.35. The van der Waals surface area contributed by atoms with Crippen LogP contribution in [-0.2, 0) is 5.41 Å². The number of halogens is 1. The molecule has 3 aromatic rings. The van der Waals surface area contributed by atoms with Crippen molar-refractivity contribution in [2.24, 2.45) is 0 Å². The number of aromatic hydroxyl groups is 2. The lowest BCUT2D eigenvalue weighted by Crippen LogP contribution is -2.38. The van der Waals surface area contributed by atoms with Crippen LogP contribution in [0.15, 0.2) is 48.7 Å². The van der Waals surface area contributed by atoms with E-state index >= 15 is 0 Å². The number of aryl methyl sites for hydroxylation is 1. The molecule has 0 bridgehead atoms. The van der Waals surface area contributed by atoms with Gasteiger partial charge in [-0.3, -0.25) is 0 Å². The molecule has 0 amide bonds. The Morgan fingerprint density at radius 2 is 1.74 bits per heavy atom. The SMILES string of the molecule is CC(C)c1c(O)ccc(F)c1O.Cc1cc(-c2ccc(C3(C#N)CCNCC3)cc2)cnc1N. The van der Waals surface area contributed by atoms with Gasteiger partial charge in [0.15, 0.2) is 11.6 Å². The molecule has 7 heteroatoms. The summed E-state index contributed by atoms with van der Waals surface area (Å²) in [5.74, 6) is -0.746. The predicted octanol–water partition coefficient (Wildman–Crippen LogP) is 5.14. The highest BCUT2D eigenvalue weighted by molar-refractivity contribution is 5.65. The minimum Gasteiger partial charge on any atom is -0.508 e. The summed E-state index contributed by atoms with van der Waals surface area (Å²) < 4.78 is 12.8. The maximum absolute atomic E-state index is 12.8. The van der Waals surface area contributed by atoms with Gasteiger partial charge in [-0.1, -0.05) is 38.1 Å². The zero-order chi connectivity index (χ0) is 24.9. The third-order valence-electron chi connectivity index (χ3n) is 6.28. The molecule has 0 radical (unpaired) electrons. The fourth-order valence-electron chi connectivity index (χ4n) is 4.18. The summed E-state index contributed by atoms with van der Waals surface area (Å²) in [4.78, 5) is 4.21. The van der Waals surface area contributed by atoms with Crippen LogP contribution in [0.25, 0.3) is 11.1 Å². The van der Waals surface area contributed by atoms with Crippen LogP contribution >= 0.6 is 0 Å². The summed E-state index contributed by atoms with van der Waals surface area (Å²) in [7, 11) is 0. The van der Waals surface area contributed by atoms with E-state index < -0.39 is 11.6 Å². The summed E-state index contributed by atoms with van der Waals surface area (Å²) in [6, 6.07) is 15.2. The van der Waals surface area contributed by atoms with Gasteiger partial charge in [-0.05, 0) is 73.7 Å². The van der Waals surface area contributed by atoms with E-state index in [1.807, 2.05) is 13.0 Å². The lowest BCUT2D eigenvalue weighted by molar-refractivity contribution is 0.382. The molecular weight excluding hydrogens is 431 g/mol. The maximum Gasteiger partial charge on any atom is 0.165 e. The lowest BCUT2D eigenvalue weighted by Gasteiger charge is -2.31. The molecular formula is C27H31FN4O2. The number of hydrogen-bond donors (Lipinski definition) is 4. The van der Waals surface area contributed by atoms with Crippen LogP contribution in [0, 0.1) is 24.1 Å². The molecule has 0 aliphatic carbocycles. The maximum atomic E-state index is 12.8. The van der Waals surface area contributed by atoms with Crippen LogP contribution in [0.4, 0.5) is 10.2 Å². The Bertz CT molecular complexity index is 1180. The number of nitriles is 1. The van der Waals surface area contributed by atoms with E-state index in [1.165, 1.54) is 6.07 Å². The number of phenolic OH excluding ortho intramolecular Hbond substituents is 2. The minimum atomic E-state index is -0.698. The number of nitrogens with one attached hydrogen (secondary N) is 1. The van der Waals surface area contributed by atoms with Crippen molar-refractivity contribution in [1.82, 2.24) is 10.3 Å². The highest BCUT2D eigenvalue weighted by Gasteiger charge is 2.33. The number of rotatable bonds is 3. The van der Waals surface area contributed by atoms with Gasteiger partial charge in [0, 0.05) is 17.3 Å². The normalized spacial score (nSPS) is 14.7. The monoisotopic (exact) mass is 462 g/mol. The van der Waals surface area contributed by atoms with Crippen LogP contribution in [-0.4, -0.2) is 28.3 Å². The number of nitrogens with two attached hydrogens (primary N) is 1. The molecule has 4 rings (SSSR count). The van der Waals surface area contributed by atoms with Gasteiger partial charge in [-0.15, -0.1) is 0 Å². The number of hydrogen-bond acceptors (Lipinski definition) is 6. The molecule has 0 saturated carbocycles. The summed E-state index contributed by atoms with van der Waals surface area (Å²) in [5, 5.41) is 31.4. The Morgan fingerprint density at radius 1 is 1.09 bits per heavy atom. The van der Waals surface area contributed by atoms with E-state index in [-0.39, 0.29) is 22.6 Å². The van der Waals surface area contributed by atoms with E-state index in [1.54, 1.807) is 20.0 Å². The number of pyridine rings is 1. The molecule has 178 valence electrons. The Kier molecular flexibility index (Phi) is 7.75. The Morgan fingerprint density at radius 3 is 2.26 bits per heavy atom. The third kappa shape index (κ3) is 5.29. The fraction of sp³-hybridized carbons (Fsp3) is 0.333. The Labute approximate surface area is 199 Å². The van der Waals surface area contributed by atoms with E-state index in [4.69, 9.17) is 5.73 Å². The molecule has 6 nitrogen and oxygen atoms in total. The lowest BCUT2D eigenvalue weighted by atomic mass is 9.74. The van der Waals surface area contributed by atoms with Gasteiger partial charge in [-0.2, -0.15) is 5.26 Å². The van der Waals surface area contributed by atoms with Gasteiger partial charge < -0.3 is 21.3 Å². The Hall–Kier alpha value is -3.63. The molecule has 1 fully saturated rings. The molecule has 1 aliphatic rings. The van der Waals surface area contributed by atoms with Gasteiger partial charge in [0.25, 0.3) is 0 Å². The molecule has 5 N–H and O–H groups in total. The number of benzene rings is 2. The van der Waals surface area contributed by atoms with Crippen molar-refractivity contribution in [3.63, 3.8) is 0 Å². The molecule has 1 aliphatic heterocycles. The van der Waals surface area contributed by atoms with E-state index in [0.717, 1.165) is 54.3 Å². The zero-order valence-electron chi connectivity index (χ0n) is 19.8. The first kappa shape index (κ1) is 25.0. The van der Waals surface area contributed by atoms with Gasteiger partial charge in [0.05, 0.1) is 11.5 Å². The number of piperidine rings is 1. The largest absolute Gasteiger partial charge is 0.508 e. The third-order valence-corrected chi connectivity index (χ3v) is 6.28. The first-order chi connectivity index (χ1) is 16.2. The van der Waals surface area contributed by atoms with Crippen LogP contribution in [0.3, 0.4) is 0 Å². The van der Waals surface area contributed by atoms with Gasteiger partial charge >= 0.3 is 0 Å². The molecule has 0 spiro atoms. The van der Waals surface area contributed by atoms with Crippen molar-refractivity contribution in [1.29, 1.82) is 5.26 Å². The second-order valence-electron chi connectivity index (χ2n) is 8.93. The van der Waals surface area contributed by atoms with E-state index in [9.17, 15) is 19.9 Å². The number of phenols is 2. The molecule has 0 atom stereocenters. The van der Waals surface area contributed by atoms with Crippen LogP contribution < -0.4 is 11.1 Å². The average Bonchev–Trinajstić information content (AvgIpc) is 2.84. The van der Waals surface area contributed by atoms with Gasteiger partial charge in [-0.25, -0.2) is 9.37 Å². The first-order valence-electron chi connectivity index (χ1n) is 11.3. The molecule has 2 heterocycles. The fourth-order valence-corrected chi connectivity index (χ4v) is 4.18. The van der Waals surface area contributed by atoms with Gasteiger partial charge in [0.2, 0.25) is 0 Å². The van der Waals surface area contributed by atoms with Crippen LogP contribution in [0.2, 0.25) is 0 Å². The minimum absolute atomic E-state index is 0.0658. The summed E-state index contributed by atoms with van der Waals surface area (Å²) >= 11 is 0. The van der Waals surface area contributed by atoms with Crippen molar-refractivity contribution in [2.45, 2.75) is 44.9 Å². The number of nitrogen functional groups attached to an aromatic ring is 1. The van der Waals surface area contributed by atoms with E-state index in [2.05, 4.69) is 40.6 Å². The average molecular weight is 463 g/mol. The highest BCUT2D eigenvalue weighted by atomic mass is 19.1. The molecule has 1 aromatic heterocycles. The van der Waals surface area contributed by atoms with Crippen molar-refractivity contribution in [3.8, 4) is 28.7 Å². The second-order valence-corrected chi connectivity index (χ2v) is 8.93. The number of anilines is 1. The van der Waals surface area contributed by atoms with Crippen molar-refractivity contribution >= 4 is 5.82 Å². The second kappa shape index (κ2) is 10.5. The zero-order valence-corrected chi connectivity index (χ0v) is 19.8. The van der Waals surface area contributed by atoms with Crippen molar-refractivity contribution in [3.05, 3.63) is 71.2 Å². The molecule has 34 heavy (non-hydrogen) atoms. The van der Waals surface area contributed by atoms with E-state index in [0.29, 0.717) is 5.82 Å². The predicted molar refractivity (Wildman–Crippen MR) is 132 cm³/mol. The summed E-state index contributed by atoms with van der Waals surface area (Å²) in [5.41, 5.74) is 9.92. The standard InChI is InChI=1S/C18H20N4.C9H11FO2/c1-13-10-15(11-22-17(13)20)14-2-4-16(5-3-14)18(12-19)6-8-21-9-7-18;1-5(2)8-7(11)4-3-6(10)9(8)12/h2-5,10-11,21H,6-9H2,1H3,(H2,20,22);3-5,11-12H,1-2H3. The topological polar surface area (TPSA) is 115 Å². The Balaban J connectivity index is 0.000000229. The number of aromatic nitrogens is 1. The molecule has 2 aromatic carbocycles. The first-order valence-corrected chi connectivity index (χ1v) is 11.3. The van der Waals surface area contributed by atoms with Gasteiger partial charge in [0.1, 0.15) is 11.6 Å². The van der Waals surface area contributed by atoms with Crippen molar-refractivity contribution in [2.75, 3.05) is 18.8 Å². The van der Waals surface area contributed by atoms with Crippen molar-refractivity contribution < 1.29 is 14.6 Å². The number of nitrogens with zero attached hydrogens (tertiary/aromatic N) is 2. The molecule has 1 saturated heterocycles. The quantitative estimate of drug-likeness (QED) is 0.428. The molecule has 0 unspecified atom stereocenters. The smallest absolute Gasteiger partial charge is 0.165 e. The van der Waals surface area contributed by atoms with Crippen LogP contribution in [0.1, 0.15) is 49.3 Å². The summed E-state index contributed by atoms with van der Waals surface area (Å²) in [6.45, 7) is 7.30. The van der Waals surface area contributed by atoms with Crippen LogP contribution in [0.5, 0.6) is 11.5 Å². The summed E-state index contributed by atoms with van der Waals surface area (Å²) in [6.07, 6.45) is 3.53.